The van der Waals surface area contributed by atoms with E-state index in [9.17, 15) is 31.1 Å². The monoisotopic (exact) mass is 443 g/mol. The van der Waals surface area contributed by atoms with Crippen molar-refractivity contribution in [3.05, 3.63) is 24.3 Å². The number of unbranched alkanes of at least 4 members (excludes halogenated alkanes) is 3. The molecule has 30 heavy (non-hydrogen) atoms. The number of amides is 1. The Labute approximate surface area is 171 Å². The Kier molecular flexibility index (Phi) is 8.38. The maximum Gasteiger partial charge on any atom is 0.471 e. The number of alkyl halides is 6. The second-order valence-corrected chi connectivity index (χ2v) is 7.51. The molecule has 0 N–H and O–H groups in total. The summed E-state index contributed by atoms with van der Waals surface area (Å²) in [4.78, 5) is 11.8. The molecule has 0 unspecified atom stereocenters. The first-order valence-corrected chi connectivity index (χ1v) is 10.1. The van der Waals surface area contributed by atoms with Crippen molar-refractivity contribution >= 4 is 5.91 Å². The Balaban J connectivity index is 2.31. The molecule has 1 spiro atoms. The number of carbonyl (C=O) groups is 1. The van der Waals surface area contributed by atoms with Crippen LogP contribution in [0.4, 0.5) is 26.3 Å². The van der Waals surface area contributed by atoms with Gasteiger partial charge in [0.1, 0.15) is 6.04 Å². The minimum atomic E-state index is -5.43. The van der Waals surface area contributed by atoms with Gasteiger partial charge in [0.15, 0.2) is 5.79 Å². The third-order valence-electron chi connectivity index (χ3n) is 5.15. The lowest BCUT2D eigenvalue weighted by Gasteiger charge is -2.51. The molecule has 0 saturated carbocycles. The van der Waals surface area contributed by atoms with Crippen molar-refractivity contribution in [3.63, 3.8) is 0 Å². The average molecular weight is 443 g/mol. The molecule has 2 heterocycles. The van der Waals surface area contributed by atoms with E-state index in [0.29, 0.717) is 6.42 Å². The summed E-state index contributed by atoms with van der Waals surface area (Å²) in [5.74, 6) is -4.18. The van der Waals surface area contributed by atoms with Crippen LogP contribution in [0.5, 0.6) is 0 Å². The smallest absolute Gasteiger partial charge is 0.350 e. The number of halogens is 6. The van der Waals surface area contributed by atoms with Gasteiger partial charge in [-0.25, -0.2) is 0 Å². The van der Waals surface area contributed by atoms with E-state index in [2.05, 4.69) is 0 Å². The average Bonchev–Trinajstić information content (AvgIpc) is 2.65. The van der Waals surface area contributed by atoms with Gasteiger partial charge in [-0.1, -0.05) is 44.1 Å². The van der Waals surface area contributed by atoms with E-state index in [4.69, 9.17) is 9.47 Å². The molecule has 0 aromatic carbocycles. The second-order valence-electron chi connectivity index (χ2n) is 7.51. The Morgan fingerprint density at radius 3 is 2.30 bits per heavy atom. The van der Waals surface area contributed by atoms with Gasteiger partial charge in [0.25, 0.3) is 0 Å². The highest BCUT2D eigenvalue weighted by Gasteiger charge is 2.60. The largest absolute Gasteiger partial charge is 0.471 e. The molecule has 0 aliphatic carbocycles. The number of nitrogens with zero attached hydrogens (tertiary/aromatic N) is 1. The van der Waals surface area contributed by atoms with Crippen LogP contribution in [0.25, 0.3) is 0 Å². The van der Waals surface area contributed by atoms with E-state index in [0.717, 1.165) is 25.7 Å². The molecule has 2 atom stereocenters. The first-order valence-electron chi connectivity index (χ1n) is 10.1. The predicted octanol–water partition coefficient (Wildman–Crippen LogP) is 5.30. The number of carbonyl (C=O) groups excluding carboxylic acids is 1. The van der Waals surface area contributed by atoms with E-state index in [1.165, 1.54) is 12.2 Å². The Hall–Kier alpha value is -1.55. The lowest BCUT2D eigenvalue weighted by molar-refractivity contribution is -0.317. The highest BCUT2D eigenvalue weighted by atomic mass is 19.4. The summed E-state index contributed by atoms with van der Waals surface area (Å²) in [6, 6.07) is -4.14. The van der Waals surface area contributed by atoms with Crippen molar-refractivity contribution < 1.29 is 40.6 Å². The zero-order chi connectivity index (χ0) is 22.4. The molecule has 4 nitrogen and oxygen atoms in total. The third-order valence-corrected chi connectivity index (χ3v) is 5.15. The minimum absolute atomic E-state index is 0.117. The number of likely N-dealkylation sites (tertiary alicyclic amines) is 1. The normalized spacial score (nSPS) is 25.5. The Bertz CT molecular complexity index is 623. The van der Waals surface area contributed by atoms with Crippen molar-refractivity contribution in [1.29, 1.82) is 0 Å². The van der Waals surface area contributed by atoms with Crippen LogP contribution in [0.2, 0.25) is 0 Å². The molecule has 2 saturated heterocycles. The summed E-state index contributed by atoms with van der Waals surface area (Å²) in [5.41, 5.74) is 0. The molecule has 0 bridgehead atoms. The zero-order valence-corrected chi connectivity index (χ0v) is 16.8. The van der Waals surface area contributed by atoms with Gasteiger partial charge in [-0.2, -0.15) is 26.3 Å². The highest BCUT2D eigenvalue weighted by Crippen LogP contribution is 2.44. The van der Waals surface area contributed by atoms with E-state index >= 15 is 0 Å². The SMILES string of the molecule is CCCCC/C=C/C=C/[C@@H]1CC2(C[C@H](C(F)(F)F)N1C(=O)C(F)(F)F)OCCCO2. The molecule has 172 valence electrons. The van der Waals surface area contributed by atoms with Crippen molar-refractivity contribution in [3.8, 4) is 0 Å². The van der Waals surface area contributed by atoms with Gasteiger partial charge in [-0.05, 0) is 19.3 Å². The fourth-order valence-corrected chi connectivity index (χ4v) is 3.73. The maximum atomic E-state index is 13.7. The lowest BCUT2D eigenvalue weighted by Crippen LogP contribution is -2.65. The second kappa shape index (κ2) is 10.2. The van der Waals surface area contributed by atoms with Crippen molar-refractivity contribution in [2.45, 2.75) is 82.1 Å². The van der Waals surface area contributed by atoms with E-state index in [-0.39, 0.29) is 24.5 Å². The van der Waals surface area contributed by atoms with Crippen molar-refractivity contribution in [2.24, 2.45) is 0 Å². The van der Waals surface area contributed by atoms with Crippen LogP contribution in [0.1, 0.15) is 51.9 Å². The molecule has 2 rings (SSSR count). The summed E-state index contributed by atoms with van der Waals surface area (Å²) in [6.07, 6.45) is -1.57. The van der Waals surface area contributed by atoms with Crippen LogP contribution in [0.15, 0.2) is 24.3 Å². The Morgan fingerprint density at radius 2 is 1.73 bits per heavy atom. The molecule has 0 aromatic rings. The summed E-state index contributed by atoms with van der Waals surface area (Å²) in [6.45, 7) is 2.33. The molecule has 0 aromatic heterocycles. The van der Waals surface area contributed by atoms with Gasteiger partial charge in [0, 0.05) is 12.8 Å². The van der Waals surface area contributed by atoms with Crippen LogP contribution in [-0.4, -0.2) is 54.2 Å². The van der Waals surface area contributed by atoms with Gasteiger partial charge < -0.3 is 14.4 Å². The molecule has 2 aliphatic heterocycles. The summed E-state index contributed by atoms with van der Waals surface area (Å²) in [5, 5.41) is 0. The topological polar surface area (TPSA) is 38.8 Å². The minimum Gasteiger partial charge on any atom is -0.350 e. The summed E-state index contributed by atoms with van der Waals surface area (Å²) in [7, 11) is 0. The van der Waals surface area contributed by atoms with E-state index in [1.807, 2.05) is 6.92 Å². The standard InChI is InChI=1S/C20H27F6NO3/c1-2-3-4-5-6-7-8-10-15-13-18(29-11-9-12-30-18)14-16(19(21,22)23)27(15)17(28)20(24,25)26/h6-8,10,15-16H,2-5,9,11-14H2,1H3/b7-6+,10-8+/t15-,16-/m1/s1. The molecular weight excluding hydrogens is 416 g/mol. The number of hydrogen-bond acceptors (Lipinski definition) is 3. The highest BCUT2D eigenvalue weighted by molar-refractivity contribution is 5.83. The number of ether oxygens (including phenoxy) is 2. The molecule has 2 fully saturated rings. The number of rotatable bonds is 6. The van der Waals surface area contributed by atoms with Crippen LogP contribution >= 0.6 is 0 Å². The van der Waals surface area contributed by atoms with Crippen LogP contribution in [-0.2, 0) is 14.3 Å². The van der Waals surface area contributed by atoms with Crippen LogP contribution < -0.4 is 0 Å². The number of hydrogen-bond donors (Lipinski definition) is 0. The fraction of sp³-hybridized carbons (Fsp3) is 0.750. The quantitative estimate of drug-likeness (QED) is 0.318. The first kappa shape index (κ1) is 24.7. The first-order chi connectivity index (χ1) is 14.0. The van der Waals surface area contributed by atoms with Gasteiger partial charge in [0.2, 0.25) is 0 Å². The van der Waals surface area contributed by atoms with Crippen molar-refractivity contribution in [1.82, 2.24) is 4.90 Å². The molecule has 10 heteroatoms. The van der Waals surface area contributed by atoms with E-state index in [1.54, 1.807) is 12.2 Å². The van der Waals surface area contributed by atoms with Crippen LogP contribution in [0.3, 0.4) is 0 Å². The third kappa shape index (κ3) is 6.47. The number of piperidine rings is 1. The molecule has 1 amide bonds. The summed E-state index contributed by atoms with van der Waals surface area (Å²) < 4.78 is 91.3. The van der Waals surface area contributed by atoms with Gasteiger partial charge >= 0.3 is 18.3 Å². The zero-order valence-electron chi connectivity index (χ0n) is 16.8. The molecular formula is C20H27F6NO3. The van der Waals surface area contributed by atoms with Crippen LogP contribution in [0, 0.1) is 0 Å². The van der Waals surface area contributed by atoms with Crippen molar-refractivity contribution in [2.75, 3.05) is 13.2 Å². The predicted molar refractivity (Wildman–Crippen MR) is 97.4 cm³/mol. The Morgan fingerprint density at radius 1 is 1.07 bits per heavy atom. The maximum absolute atomic E-state index is 13.7. The van der Waals surface area contributed by atoms with Gasteiger partial charge in [-0.15, -0.1) is 0 Å². The lowest BCUT2D eigenvalue weighted by atomic mass is 9.88. The number of allylic oxidation sites excluding steroid dienone is 3. The molecule has 0 radical (unpaired) electrons. The van der Waals surface area contributed by atoms with Gasteiger partial charge in [-0.3, -0.25) is 4.79 Å². The molecule has 2 aliphatic rings. The summed E-state index contributed by atoms with van der Waals surface area (Å²) >= 11 is 0. The van der Waals surface area contributed by atoms with Gasteiger partial charge in [0.05, 0.1) is 19.3 Å². The fourth-order valence-electron chi connectivity index (χ4n) is 3.73. The van der Waals surface area contributed by atoms with E-state index < -0.39 is 42.6 Å².